The molecule has 1 unspecified atom stereocenters. The summed E-state index contributed by atoms with van der Waals surface area (Å²) in [5.41, 5.74) is 0.121. The quantitative estimate of drug-likeness (QED) is 0.799. The molecule has 1 aromatic carbocycles. The third-order valence-corrected chi connectivity index (χ3v) is 6.28. The van der Waals surface area contributed by atoms with E-state index in [9.17, 15) is 14.0 Å². The van der Waals surface area contributed by atoms with Gasteiger partial charge in [0, 0.05) is 24.7 Å². The Hall–Kier alpha value is -1.95. The number of rotatable bonds is 2. The van der Waals surface area contributed by atoms with Gasteiger partial charge in [-0.3, -0.25) is 9.59 Å². The normalized spacial score (nSPS) is 27.2. The van der Waals surface area contributed by atoms with E-state index in [4.69, 9.17) is 4.74 Å². The van der Waals surface area contributed by atoms with Crippen LogP contribution < -0.4 is 4.90 Å². The number of likely N-dealkylation sites (tertiary alicyclic amines) is 1. The summed E-state index contributed by atoms with van der Waals surface area (Å²) in [4.78, 5) is 28.8. The lowest BCUT2D eigenvalue weighted by atomic mass is 9.92. The van der Waals surface area contributed by atoms with Crippen LogP contribution in [0.1, 0.15) is 44.9 Å². The molecule has 27 heavy (non-hydrogen) atoms. The average molecular weight is 374 g/mol. The smallest absolute Gasteiger partial charge is 0.253 e. The molecule has 4 rings (SSSR count). The van der Waals surface area contributed by atoms with Crippen LogP contribution in [0.4, 0.5) is 10.1 Å². The fraction of sp³-hybridized carbons (Fsp3) is 0.619. The lowest BCUT2D eigenvalue weighted by Crippen LogP contribution is -2.55. The molecule has 146 valence electrons. The Balaban J connectivity index is 1.46. The monoisotopic (exact) mass is 374 g/mol. The number of morpholine rings is 1. The van der Waals surface area contributed by atoms with Crippen LogP contribution in [0.15, 0.2) is 24.3 Å². The summed E-state index contributed by atoms with van der Waals surface area (Å²) in [6, 6.07) is 6.15. The van der Waals surface area contributed by atoms with Crippen molar-refractivity contribution in [3.63, 3.8) is 0 Å². The van der Waals surface area contributed by atoms with E-state index in [2.05, 4.69) is 0 Å². The first-order chi connectivity index (χ1) is 13.1. The van der Waals surface area contributed by atoms with Gasteiger partial charge in [0.2, 0.25) is 5.91 Å². The molecule has 2 saturated heterocycles. The number of amides is 2. The van der Waals surface area contributed by atoms with Crippen molar-refractivity contribution >= 4 is 17.5 Å². The second-order valence-electron chi connectivity index (χ2n) is 8.09. The van der Waals surface area contributed by atoms with E-state index < -0.39 is 5.60 Å². The molecule has 2 heterocycles. The van der Waals surface area contributed by atoms with E-state index in [1.54, 1.807) is 17.0 Å². The van der Waals surface area contributed by atoms with Gasteiger partial charge in [-0.05, 0) is 50.3 Å². The summed E-state index contributed by atoms with van der Waals surface area (Å²) in [7, 11) is 0. The summed E-state index contributed by atoms with van der Waals surface area (Å²) >= 11 is 0. The first-order valence-electron chi connectivity index (χ1n) is 10.1. The van der Waals surface area contributed by atoms with Gasteiger partial charge in [-0.2, -0.15) is 0 Å². The number of carbonyl (C=O) groups excluding carboxylic acids is 2. The minimum Gasteiger partial charge on any atom is -0.363 e. The predicted molar refractivity (Wildman–Crippen MR) is 99.8 cm³/mol. The van der Waals surface area contributed by atoms with E-state index in [-0.39, 0.29) is 24.2 Å². The van der Waals surface area contributed by atoms with Crippen molar-refractivity contribution in [3.05, 3.63) is 30.1 Å². The molecular formula is C21H27FN2O3. The van der Waals surface area contributed by atoms with Gasteiger partial charge < -0.3 is 14.5 Å². The lowest BCUT2D eigenvalue weighted by Gasteiger charge is -2.42. The van der Waals surface area contributed by atoms with Gasteiger partial charge in [-0.1, -0.05) is 18.9 Å². The first kappa shape index (κ1) is 18.4. The Morgan fingerprint density at radius 1 is 1.15 bits per heavy atom. The molecule has 3 fully saturated rings. The highest BCUT2D eigenvalue weighted by Gasteiger charge is 2.42. The van der Waals surface area contributed by atoms with Crippen molar-refractivity contribution in [1.29, 1.82) is 0 Å². The Kier molecular flexibility index (Phi) is 5.17. The number of ether oxygens (including phenoxy) is 1. The van der Waals surface area contributed by atoms with E-state index >= 15 is 0 Å². The molecule has 2 amide bonds. The van der Waals surface area contributed by atoms with Crippen LogP contribution in [0.2, 0.25) is 0 Å². The summed E-state index contributed by atoms with van der Waals surface area (Å²) < 4.78 is 19.6. The topological polar surface area (TPSA) is 49.9 Å². The first-order valence-corrected chi connectivity index (χ1v) is 10.1. The largest absolute Gasteiger partial charge is 0.363 e. The number of carbonyl (C=O) groups is 2. The van der Waals surface area contributed by atoms with Crippen LogP contribution in [-0.2, 0) is 14.3 Å². The number of benzene rings is 1. The van der Waals surface area contributed by atoms with E-state index in [0.717, 1.165) is 45.1 Å². The van der Waals surface area contributed by atoms with E-state index in [1.165, 1.54) is 12.1 Å². The zero-order chi connectivity index (χ0) is 18.9. The second-order valence-corrected chi connectivity index (χ2v) is 8.09. The Morgan fingerprint density at radius 3 is 2.74 bits per heavy atom. The van der Waals surface area contributed by atoms with Gasteiger partial charge in [0.15, 0.2) is 0 Å². The Labute approximate surface area is 159 Å². The maximum atomic E-state index is 13.6. The van der Waals surface area contributed by atoms with Crippen molar-refractivity contribution < 1.29 is 18.7 Å². The highest BCUT2D eigenvalue weighted by Crippen LogP contribution is 2.34. The summed E-state index contributed by atoms with van der Waals surface area (Å²) in [5, 5.41) is 0. The number of hydrogen-bond acceptors (Lipinski definition) is 3. The van der Waals surface area contributed by atoms with Crippen molar-refractivity contribution in [1.82, 2.24) is 4.90 Å². The fourth-order valence-corrected chi connectivity index (χ4v) is 4.72. The molecule has 1 aromatic rings. The van der Waals surface area contributed by atoms with Crippen LogP contribution in [-0.4, -0.2) is 48.6 Å². The summed E-state index contributed by atoms with van der Waals surface area (Å²) in [6.45, 7) is 1.85. The fourth-order valence-electron chi connectivity index (χ4n) is 4.72. The third-order valence-electron chi connectivity index (χ3n) is 6.28. The SMILES string of the molecule is O=C(C1CCCC1)N1CCCC2(CC1)CN(c1cccc(F)c1)C(=O)CO2. The van der Waals surface area contributed by atoms with E-state index in [0.29, 0.717) is 31.1 Å². The molecule has 5 nitrogen and oxygen atoms in total. The van der Waals surface area contributed by atoms with Gasteiger partial charge in [-0.15, -0.1) is 0 Å². The molecule has 1 aliphatic carbocycles. The molecule has 2 aliphatic heterocycles. The maximum absolute atomic E-state index is 13.6. The Bertz CT molecular complexity index is 719. The second kappa shape index (κ2) is 7.58. The maximum Gasteiger partial charge on any atom is 0.253 e. The van der Waals surface area contributed by atoms with Gasteiger partial charge in [0.25, 0.3) is 5.91 Å². The highest BCUT2D eigenvalue weighted by atomic mass is 19.1. The minimum atomic E-state index is -0.453. The molecule has 0 bridgehead atoms. The molecule has 0 radical (unpaired) electrons. The number of hydrogen-bond donors (Lipinski definition) is 0. The van der Waals surface area contributed by atoms with Crippen LogP contribution in [0.5, 0.6) is 0 Å². The molecule has 0 aromatic heterocycles. The lowest BCUT2D eigenvalue weighted by molar-refractivity contribution is -0.141. The average Bonchev–Trinajstić information content (AvgIpc) is 3.13. The highest BCUT2D eigenvalue weighted by molar-refractivity contribution is 5.95. The van der Waals surface area contributed by atoms with Gasteiger partial charge in [-0.25, -0.2) is 4.39 Å². The molecule has 3 aliphatic rings. The molecule has 1 saturated carbocycles. The summed E-state index contributed by atoms with van der Waals surface area (Å²) in [6.07, 6.45) is 6.72. The summed E-state index contributed by atoms with van der Waals surface area (Å²) in [5.74, 6) is -0.0143. The molecule has 1 spiro atoms. The third kappa shape index (κ3) is 3.86. The molecule has 0 N–H and O–H groups in total. The van der Waals surface area contributed by atoms with Crippen molar-refractivity contribution in [2.45, 2.75) is 50.5 Å². The van der Waals surface area contributed by atoms with Crippen LogP contribution in [0.3, 0.4) is 0 Å². The zero-order valence-electron chi connectivity index (χ0n) is 15.7. The standard InChI is InChI=1S/C21H27FN2O3/c22-17-7-3-8-18(13-17)24-15-21(27-14-19(24)25)9-4-11-23(12-10-21)20(26)16-5-1-2-6-16/h3,7-8,13,16H,1-2,4-6,9-12,14-15H2. The number of nitrogens with zero attached hydrogens (tertiary/aromatic N) is 2. The van der Waals surface area contributed by atoms with Crippen molar-refractivity contribution in [2.75, 3.05) is 31.1 Å². The Morgan fingerprint density at radius 2 is 1.96 bits per heavy atom. The number of halogens is 1. The van der Waals surface area contributed by atoms with Crippen molar-refractivity contribution in [2.24, 2.45) is 5.92 Å². The van der Waals surface area contributed by atoms with Gasteiger partial charge in [0.05, 0.1) is 12.1 Å². The molecule has 6 heteroatoms. The van der Waals surface area contributed by atoms with Crippen LogP contribution in [0.25, 0.3) is 0 Å². The van der Waals surface area contributed by atoms with E-state index in [1.807, 2.05) is 4.90 Å². The van der Waals surface area contributed by atoms with Gasteiger partial charge >= 0.3 is 0 Å². The number of anilines is 1. The van der Waals surface area contributed by atoms with Gasteiger partial charge in [0.1, 0.15) is 12.4 Å². The minimum absolute atomic E-state index is 0.00703. The zero-order valence-corrected chi connectivity index (χ0v) is 15.7. The van der Waals surface area contributed by atoms with Crippen molar-refractivity contribution in [3.8, 4) is 0 Å². The molecular weight excluding hydrogens is 347 g/mol. The van der Waals surface area contributed by atoms with Crippen LogP contribution in [0, 0.1) is 11.7 Å². The van der Waals surface area contributed by atoms with Crippen LogP contribution >= 0.6 is 0 Å². The molecule has 1 atom stereocenters. The predicted octanol–water partition coefficient (Wildman–Crippen LogP) is 3.13.